The van der Waals surface area contributed by atoms with Crippen LogP contribution in [-0.2, 0) is 0 Å². The van der Waals surface area contributed by atoms with Crippen molar-refractivity contribution in [1.82, 2.24) is 5.32 Å². The second kappa shape index (κ2) is 5.29. The van der Waals surface area contributed by atoms with Crippen molar-refractivity contribution in [3.8, 4) is 0 Å². The van der Waals surface area contributed by atoms with Gasteiger partial charge in [0.05, 0.1) is 0 Å². The molecule has 0 aliphatic heterocycles. The first-order valence-electron chi connectivity index (χ1n) is 5.93. The highest BCUT2D eigenvalue weighted by Crippen LogP contribution is 2.46. The van der Waals surface area contributed by atoms with Gasteiger partial charge in [-0.05, 0) is 28.9 Å². The third-order valence-corrected chi connectivity index (χ3v) is 3.95. The summed E-state index contributed by atoms with van der Waals surface area (Å²) in [5, 5.41) is 4.04. The summed E-state index contributed by atoms with van der Waals surface area (Å²) in [5.74, 6) is -4.83. The fraction of sp³-hybridized carbons (Fsp3) is 0.385. The van der Waals surface area contributed by atoms with E-state index in [0.29, 0.717) is 10.1 Å². The van der Waals surface area contributed by atoms with Crippen LogP contribution in [0.4, 0.5) is 22.0 Å². The van der Waals surface area contributed by atoms with E-state index in [1.807, 2.05) is 0 Å². The summed E-state index contributed by atoms with van der Waals surface area (Å²) >= 11 is 1.15. The third-order valence-electron chi connectivity index (χ3n) is 2.97. The van der Waals surface area contributed by atoms with Crippen LogP contribution >= 0.6 is 11.3 Å². The normalized spacial score (nSPS) is 14.7. The molecular weight excluding hydrogens is 297 g/mol. The van der Waals surface area contributed by atoms with E-state index in [-0.39, 0.29) is 12.1 Å². The molecule has 0 saturated heterocycles. The molecule has 0 radical (unpaired) electrons. The molecule has 0 aliphatic carbocycles. The molecule has 1 unspecified atom stereocenters. The van der Waals surface area contributed by atoms with Gasteiger partial charge in [-0.2, -0.15) is 22.0 Å². The predicted molar refractivity (Wildman–Crippen MR) is 69.2 cm³/mol. The van der Waals surface area contributed by atoms with Gasteiger partial charge in [0.1, 0.15) is 6.04 Å². The minimum atomic E-state index is -5.59. The zero-order valence-electron chi connectivity index (χ0n) is 10.5. The molecule has 1 nitrogen and oxygen atoms in total. The van der Waals surface area contributed by atoms with E-state index in [9.17, 15) is 22.0 Å². The van der Waals surface area contributed by atoms with Crippen LogP contribution in [0.15, 0.2) is 29.6 Å². The van der Waals surface area contributed by atoms with E-state index in [2.05, 4.69) is 5.32 Å². The number of benzene rings is 1. The van der Waals surface area contributed by atoms with Crippen molar-refractivity contribution in [2.45, 2.75) is 25.1 Å². The average Bonchev–Trinajstić information content (AvgIpc) is 2.78. The lowest BCUT2D eigenvalue weighted by molar-refractivity contribution is -0.294. The van der Waals surface area contributed by atoms with Gasteiger partial charge in [-0.15, -0.1) is 11.3 Å². The van der Waals surface area contributed by atoms with E-state index in [0.717, 1.165) is 11.3 Å². The number of nitrogens with one attached hydrogen (secondary N) is 1. The summed E-state index contributed by atoms with van der Waals surface area (Å²) in [7, 11) is 0. The maximum absolute atomic E-state index is 13.7. The Hall–Kier alpha value is -1.21. The first kappa shape index (κ1) is 15.2. The summed E-state index contributed by atoms with van der Waals surface area (Å²) in [4.78, 5) is 0. The van der Waals surface area contributed by atoms with Crippen molar-refractivity contribution in [3.63, 3.8) is 0 Å². The first-order chi connectivity index (χ1) is 9.29. The third kappa shape index (κ3) is 2.52. The van der Waals surface area contributed by atoms with Crippen molar-refractivity contribution >= 4 is 21.4 Å². The molecule has 0 saturated carbocycles. The SMILES string of the molecule is CCNC(c1csc2ccccc12)C(F)(F)C(F)(F)F. The summed E-state index contributed by atoms with van der Waals surface area (Å²) < 4.78 is 65.9. The van der Waals surface area contributed by atoms with E-state index >= 15 is 0 Å². The Bertz CT molecular complexity index is 590. The molecule has 1 N–H and O–H groups in total. The summed E-state index contributed by atoms with van der Waals surface area (Å²) in [5.41, 5.74) is -0.0187. The molecule has 2 rings (SSSR count). The van der Waals surface area contributed by atoms with Crippen molar-refractivity contribution in [2.24, 2.45) is 0 Å². The zero-order valence-corrected chi connectivity index (χ0v) is 11.3. The quantitative estimate of drug-likeness (QED) is 0.804. The van der Waals surface area contributed by atoms with Gasteiger partial charge in [0.25, 0.3) is 0 Å². The lowest BCUT2D eigenvalue weighted by atomic mass is 9.99. The van der Waals surface area contributed by atoms with Gasteiger partial charge >= 0.3 is 12.1 Å². The molecule has 1 aromatic heterocycles. The van der Waals surface area contributed by atoms with Crippen LogP contribution in [0.3, 0.4) is 0 Å². The minimum Gasteiger partial charge on any atom is -0.305 e. The van der Waals surface area contributed by atoms with Crippen LogP contribution in [0.25, 0.3) is 10.1 Å². The largest absolute Gasteiger partial charge is 0.455 e. The molecule has 2 aromatic rings. The molecule has 1 atom stereocenters. The lowest BCUT2D eigenvalue weighted by Gasteiger charge is -2.29. The second-order valence-corrected chi connectivity index (χ2v) is 5.21. The molecule has 0 aliphatic rings. The summed E-state index contributed by atoms with van der Waals surface area (Å²) in [6.45, 7) is 1.51. The highest BCUT2D eigenvalue weighted by molar-refractivity contribution is 7.17. The zero-order chi connectivity index (χ0) is 15.0. The van der Waals surface area contributed by atoms with Gasteiger partial charge in [-0.1, -0.05) is 25.1 Å². The lowest BCUT2D eigenvalue weighted by Crippen LogP contribution is -2.47. The van der Waals surface area contributed by atoms with Crippen LogP contribution in [0.5, 0.6) is 0 Å². The minimum absolute atomic E-state index is 0.0144. The first-order valence-corrected chi connectivity index (χ1v) is 6.81. The Morgan fingerprint density at radius 1 is 1.15 bits per heavy atom. The number of rotatable bonds is 4. The molecular formula is C13H12F5NS. The van der Waals surface area contributed by atoms with Crippen LogP contribution in [0, 0.1) is 0 Å². The summed E-state index contributed by atoms with van der Waals surface area (Å²) in [6.07, 6.45) is -5.59. The highest BCUT2D eigenvalue weighted by atomic mass is 32.1. The van der Waals surface area contributed by atoms with Crippen molar-refractivity contribution in [1.29, 1.82) is 0 Å². The molecule has 0 bridgehead atoms. The maximum Gasteiger partial charge on any atom is 0.455 e. The molecule has 0 fully saturated rings. The van der Waals surface area contributed by atoms with Crippen molar-refractivity contribution in [2.75, 3.05) is 6.54 Å². The molecule has 110 valence electrons. The monoisotopic (exact) mass is 309 g/mol. The molecule has 7 heteroatoms. The van der Waals surface area contributed by atoms with Crippen molar-refractivity contribution < 1.29 is 22.0 Å². The molecule has 20 heavy (non-hydrogen) atoms. The van der Waals surface area contributed by atoms with Gasteiger partial charge in [-0.3, -0.25) is 0 Å². The van der Waals surface area contributed by atoms with Crippen LogP contribution in [-0.4, -0.2) is 18.6 Å². The van der Waals surface area contributed by atoms with Crippen LogP contribution in [0.1, 0.15) is 18.5 Å². The molecule has 1 aromatic carbocycles. The fourth-order valence-corrected chi connectivity index (χ4v) is 3.01. The Morgan fingerprint density at radius 3 is 2.40 bits per heavy atom. The predicted octanol–water partition coefficient (Wildman–Crippen LogP) is 4.75. The van der Waals surface area contributed by atoms with E-state index in [1.54, 1.807) is 24.3 Å². The van der Waals surface area contributed by atoms with Gasteiger partial charge < -0.3 is 5.32 Å². The second-order valence-electron chi connectivity index (χ2n) is 4.30. The van der Waals surface area contributed by atoms with Gasteiger partial charge in [0, 0.05) is 4.70 Å². The fourth-order valence-electron chi connectivity index (χ4n) is 2.02. The van der Waals surface area contributed by atoms with E-state index < -0.39 is 18.1 Å². The molecule has 1 heterocycles. The number of thiophene rings is 1. The maximum atomic E-state index is 13.7. The van der Waals surface area contributed by atoms with Gasteiger partial charge in [0.2, 0.25) is 0 Å². The average molecular weight is 309 g/mol. The highest BCUT2D eigenvalue weighted by Gasteiger charge is 2.62. The van der Waals surface area contributed by atoms with E-state index in [4.69, 9.17) is 0 Å². The number of hydrogen-bond donors (Lipinski definition) is 1. The standard InChI is InChI=1S/C13H12F5NS/c1-2-19-11(12(14,15)13(16,17)18)9-7-20-10-6-4-3-5-8(9)10/h3-7,11,19H,2H2,1H3. The van der Waals surface area contributed by atoms with E-state index in [1.165, 1.54) is 12.3 Å². The Labute approximate surface area is 116 Å². The number of alkyl halides is 5. The van der Waals surface area contributed by atoms with Crippen LogP contribution in [0.2, 0.25) is 0 Å². The smallest absolute Gasteiger partial charge is 0.305 e. The molecule has 0 amide bonds. The Morgan fingerprint density at radius 2 is 1.80 bits per heavy atom. The number of hydrogen-bond acceptors (Lipinski definition) is 2. The number of halogens is 5. The van der Waals surface area contributed by atoms with Crippen molar-refractivity contribution in [3.05, 3.63) is 35.2 Å². The topological polar surface area (TPSA) is 12.0 Å². The Balaban J connectivity index is 2.54. The summed E-state index contributed by atoms with van der Waals surface area (Å²) in [6, 6.07) is 4.50. The molecule has 0 spiro atoms. The Kier molecular flexibility index (Phi) is 4.02. The van der Waals surface area contributed by atoms with Gasteiger partial charge in [-0.25, -0.2) is 0 Å². The van der Waals surface area contributed by atoms with Gasteiger partial charge in [0.15, 0.2) is 0 Å². The number of fused-ring (bicyclic) bond motifs is 1. The van der Waals surface area contributed by atoms with Crippen LogP contribution < -0.4 is 5.32 Å².